The minimum absolute atomic E-state index is 0.448. The molecule has 0 bridgehead atoms. The van der Waals surface area contributed by atoms with Gasteiger partial charge in [0.15, 0.2) is 0 Å². The molecule has 0 radical (unpaired) electrons. The van der Waals surface area contributed by atoms with Gasteiger partial charge in [0.05, 0.1) is 4.99 Å². The van der Waals surface area contributed by atoms with E-state index in [-0.39, 0.29) is 0 Å². The zero-order valence-electron chi connectivity index (χ0n) is 9.62. The Morgan fingerprint density at radius 2 is 2.00 bits per heavy atom. The molecule has 2 unspecified atom stereocenters. The second-order valence-electron chi connectivity index (χ2n) is 3.82. The lowest BCUT2D eigenvalue weighted by molar-refractivity contribution is 0.197. The Bertz CT molecular complexity index is 174. The summed E-state index contributed by atoms with van der Waals surface area (Å²) in [5, 5.41) is 0. The Labute approximate surface area is 97.6 Å². The number of nitrogens with zero attached hydrogens (tertiary/aromatic N) is 1. The number of rotatable bonds is 7. The average molecular weight is 234 g/mol. The fourth-order valence-corrected chi connectivity index (χ4v) is 2.18. The third-order valence-corrected chi connectivity index (χ3v) is 3.44. The molecule has 0 saturated heterocycles. The van der Waals surface area contributed by atoms with Crippen molar-refractivity contribution in [2.24, 2.45) is 5.73 Å². The van der Waals surface area contributed by atoms with Crippen LogP contribution in [0.15, 0.2) is 0 Å². The number of thioether (sulfide) groups is 1. The van der Waals surface area contributed by atoms with Crippen molar-refractivity contribution < 1.29 is 0 Å². The normalized spacial score (nSPS) is 15.5. The lowest BCUT2D eigenvalue weighted by atomic mass is 10.1. The number of hydrogen-bond acceptors (Lipinski definition) is 3. The molecule has 0 saturated carbocycles. The second-order valence-corrected chi connectivity index (χ2v) is 5.33. The van der Waals surface area contributed by atoms with E-state index >= 15 is 0 Å². The highest BCUT2D eigenvalue weighted by Gasteiger charge is 2.15. The van der Waals surface area contributed by atoms with E-state index in [0.29, 0.717) is 17.1 Å². The maximum atomic E-state index is 5.53. The SMILES string of the molecule is CSCCC(C)N(C)C(C)CC(N)=S. The first-order chi connectivity index (χ1) is 6.49. The Balaban J connectivity index is 3.89. The Kier molecular flexibility index (Phi) is 7.59. The summed E-state index contributed by atoms with van der Waals surface area (Å²) in [6.45, 7) is 4.43. The van der Waals surface area contributed by atoms with Gasteiger partial charge in [0.1, 0.15) is 0 Å². The summed E-state index contributed by atoms with van der Waals surface area (Å²) in [5.41, 5.74) is 5.53. The Hall–Kier alpha value is 0.200. The van der Waals surface area contributed by atoms with E-state index in [0.717, 1.165) is 6.42 Å². The quantitative estimate of drug-likeness (QED) is 0.683. The summed E-state index contributed by atoms with van der Waals surface area (Å²) < 4.78 is 0. The molecule has 2 N–H and O–H groups in total. The fraction of sp³-hybridized carbons (Fsp3) is 0.900. The van der Waals surface area contributed by atoms with Crippen LogP contribution in [0.5, 0.6) is 0 Å². The minimum atomic E-state index is 0.448. The zero-order chi connectivity index (χ0) is 11.1. The molecule has 0 aromatic carbocycles. The van der Waals surface area contributed by atoms with Gasteiger partial charge in [0.2, 0.25) is 0 Å². The second kappa shape index (κ2) is 7.49. The standard InChI is InChI=1S/C10H22N2S2/c1-8(5-6-14-4)12(3)9(2)7-10(11)13/h8-9H,5-7H2,1-4H3,(H2,11,13). The first-order valence-electron chi connectivity index (χ1n) is 4.98. The molecule has 0 aliphatic rings. The van der Waals surface area contributed by atoms with Crippen LogP contribution in [-0.4, -0.2) is 41.0 Å². The Morgan fingerprint density at radius 1 is 1.43 bits per heavy atom. The van der Waals surface area contributed by atoms with Gasteiger partial charge in [-0.2, -0.15) is 11.8 Å². The van der Waals surface area contributed by atoms with Crippen molar-refractivity contribution in [1.82, 2.24) is 4.90 Å². The van der Waals surface area contributed by atoms with Gasteiger partial charge in [0.25, 0.3) is 0 Å². The van der Waals surface area contributed by atoms with Crippen LogP contribution in [0.1, 0.15) is 26.7 Å². The molecule has 0 fully saturated rings. The van der Waals surface area contributed by atoms with Gasteiger partial charge >= 0.3 is 0 Å². The lowest BCUT2D eigenvalue weighted by Gasteiger charge is -2.30. The van der Waals surface area contributed by atoms with Crippen molar-refractivity contribution >= 4 is 29.0 Å². The molecule has 0 spiro atoms. The van der Waals surface area contributed by atoms with Gasteiger partial charge in [-0.05, 0) is 39.3 Å². The highest BCUT2D eigenvalue weighted by Crippen LogP contribution is 2.11. The molecule has 0 aromatic heterocycles. The van der Waals surface area contributed by atoms with E-state index < -0.39 is 0 Å². The molecule has 14 heavy (non-hydrogen) atoms. The molecule has 0 aliphatic carbocycles. The maximum Gasteiger partial charge on any atom is 0.0742 e. The molecule has 4 heteroatoms. The minimum Gasteiger partial charge on any atom is -0.393 e. The number of hydrogen-bond donors (Lipinski definition) is 1. The van der Waals surface area contributed by atoms with Gasteiger partial charge < -0.3 is 10.6 Å². The van der Waals surface area contributed by atoms with Crippen LogP contribution in [0.2, 0.25) is 0 Å². The predicted octanol–water partition coefficient (Wildman–Crippen LogP) is 2.12. The summed E-state index contributed by atoms with van der Waals surface area (Å²) in [6.07, 6.45) is 4.18. The van der Waals surface area contributed by atoms with Crippen molar-refractivity contribution in [3.63, 3.8) is 0 Å². The Morgan fingerprint density at radius 3 is 2.43 bits per heavy atom. The number of nitrogens with two attached hydrogens (primary N) is 1. The van der Waals surface area contributed by atoms with Crippen molar-refractivity contribution in [2.75, 3.05) is 19.1 Å². The molecular formula is C10H22N2S2. The van der Waals surface area contributed by atoms with E-state index in [1.54, 1.807) is 0 Å². The van der Waals surface area contributed by atoms with Crippen LogP contribution < -0.4 is 5.73 Å². The monoisotopic (exact) mass is 234 g/mol. The van der Waals surface area contributed by atoms with Crippen LogP contribution in [0.3, 0.4) is 0 Å². The van der Waals surface area contributed by atoms with Crippen molar-refractivity contribution in [1.29, 1.82) is 0 Å². The summed E-state index contributed by atoms with van der Waals surface area (Å²) >= 11 is 6.81. The van der Waals surface area contributed by atoms with E-state index in [4.69, 9.17) is 18.0 Å². The van der Waals surface area contributed by atoms with Crippen molar-refractivity contribution in [2.45, 2.75) is 38.8 Å². The van der Waals surface area contributed by atoms with E-state index in [9.17, 15) is 0 Å². The van der Waals surface area contributed by atoms with Gasteiger partial charge in [-0.25, -0.2) is 0 Å². The van der Waals surface area contributed by atoms with E-state index in [1.807, 2.05) is 11.8 Å². The third-order valence-electron chi connectivity index (χ3n) is 2.63. The van der Waals surface area contributed by atoms with E-state index in [1.165, 1.54) is 12.2 Å². The molecule has 84 valence electrons. The largest absolute Gasteiger partial charge is 0.393 e. The summed E-state index contributed by atoms with van der Waals surface area (Å²) in [7, 11) is 2.15. The number of thiocarbonyl (C=S) groups is 1. The first-order valence-corrected chi connectivity index (χ1v) is 6.78. The molecule has 2 atom stereocenters. The van der Waals surface area contributed by atoms with Crippen LogP contribution in [0.25, 0.3) is 0 Å². The zero-order valence-corrected chi connectivity index (χ0v) is 11.3. The fourth-order valence-electron chi connectivity index (χ4n) is 1.36. The third kappa shape index (κ3) is 5.83. The molecule has 0 amide bonds. The lowest BCUT2D eigenvalue weighted by Crippen LogP contribution is -2.39. The smallest absolute Gasteiger partial charge is 0.0742 e. The van der Waals surface area contributed by atoms with Crippen molar-refractivity contribution in [3.8, 4) is 0 Å². The summed E-state index contributed by atoms with van der Waals surface area (Å²) in [5.74, 6) is 1.21. The summed E-state index contributed by atoms with van der Waals surface area (Å²) in [6, 6.07) is 1.05. The van der Waals surface area contributed by atoms with Gasteiger partial charge in [0, 0.05) is 18.5 Å². The van der Waals surface area contributed by atoms with Crippen molar-refractivity contribution in [3.05, 3.63) is 0 Å². The molecule has 0 rings (SSSR count). The molecule has 0 aromatic rings. The van der Waals surface area contributed by atoms with Crippen LogP contribution in [-0.2, 0) is 0 Å². The van der Waals surface area contributed by atoms with Crippen LogP contribution >= 0.6 is 24.0 Å². The molecule has 2 nitrogen and oxygen atoms in total. The first kappa shape index (κ1) is 14.2. The highest BCUT2D eigenvalue weighted by molar-refractivity contribution is 7.98. The average Bonchev–Trinajstić information content (AvgIpc) is 2.11. The topological polar surface area (TPSA) is 29.3 Å². The van der Waals surface area contributed by atoms with Gasteiger partial charge in [-0.1, -0.05) is 12.2 Å². The molecule has 0 heterocycles. The predicted molar refractivity (Wildman–Crippen MR) is 71.1 cm³/mol. The van der Waals surface area contributed by atoms with E-state index in [2.05, 4.69) is 32.1 Å². The molecule has 0 aliphatic heterocycles. The van der Waals surface area contributed by atoms with Gasteiger partial charge in [-0.3, -0.25) is 0 Å². The van der Waals surface area contributed by atoms with Gasteiger partial charge in [-0.15, -0.1) is 0 Å². The summed E-state index contributed by atoms with van der Waals surface area (Å²) in [4.78, 5) is 2.97. The maximum absolute atomic E-state index is 5.53. The highest BCUT2D eigenvalue weighted by atomic mass is 32.2. The van der Waals surface area contributed by atoms with Crippen LogP contribution in [0.4, 0.5) is 0 Å². The van der Waals surface area contributed by atoms with Crippen LogP contribution in [0, 0.1) is 0 Å². The molecular weight excluding hydrogens is 212 g/mol.